The molecule has 3 heteroatoms. The molecule has 0 radical (unpaired) electrons. The van der Waals surface area contributed by atoms with Gasteiger partial charge in [0.05, 0.1) is 5.69 Å². The number of nitrogen functional groups attached to an aromatic ring is 1. The molecular formula is C13H15BrN2. The lowest BCUT2D eigenvalue weighted by atomic mass is 10.1. The molecule has 0 spiro atoms. The van der Waals surface area contributed by atoms with E-state index in [9.17, 15) is 0 Å². The summed E-state index contributed by atoms with van der Waals surface area (Å²) in [6, 6.07) is 8.63. The van der Waals surface area contributed by atoms with Gasteiger partial charge >= 0.3 is 0 Å². The molecule has 16 heavy (non-hydrogen) atoms. The monoisotopic (exact) mass is 278 g/mol. The van der Waals surface area contributed by atoms with E-state index in [2.05, 4.69) is 52.7 Å². The number of anilines is 1. The third-order valence-corrected chi connectivity index (χ3v) is 3.16. The highest BCUT2D eigenvalue weighted by Crippen LogP contribution is 2.29. The molecule has 84 valence electrons. The topological polar surface area (TPSA) is 30.9 Å². The van der Waals surface area contributed by atoms with Crippen LogP contribution in [0.4, 0.5) is 5.69 Å². The van der Waals surface area contributed by atoms with Gasteiger partial charge in [-0.25, -0.2) is 0 Å². The molecule has 0 unspecified atom stereocenters. The van der Waals surface area contributed by atoms with E-state index in [1.807, 2.05) is 18.3 Å². The fourth-order valence-corrected chi connectivity index (χ4v) is 1.92. The Morgan fingerprint density at radius 1 is 1.12 bits per heavy atom. The number of hydrogen-bond acceptors (Lipinski definition) is 1. The maximum absolute atomic E-state index is 6.02. The van der Waals surface area contributed by atoms with E-state index < -0.39 is 0 Å². The summed E-state index contributed by atoms with van der Waals surface area (Å²) in [7, 11) is 0. The number of benzene rings is 1. The van der Waals surface area contributed by atoms with E-state index >= 15 is 0 Å². The molecule has 1 aromatic heterocycles. The zero-order valence-corrected chi connectivity index (χ0v) is 11.0. The lowest BCUT2D eigenvalue weighted by molar-refractivity contribution is 0.604. The molecule has 1 heterocycles. The fraction of sp³-hybridized carbons (Fsp3) is 0.231. The summed E-state index contributed by atoms with van der Waals surface area (Å²) >= 11 is 3.43. The van der Waals surface area contributed by atoms with Crippen molar-refractivity contribution in [1.82, 2.24) is 4.57 Å². The van der Waals surface area contributed by atoms with Crippen molar-refractivity contribution in [3.8, 4) is 11.1 Å². The first-order chi connectivity index (χ1) is 7.58. The van der Waals surface area contributed by atoms with Gasteiger partial charge in [-0.05, 0) is 31.5 Å². The van der Waals surface area contributed by atoms with Crippen LogP contribution in [0.3, 0.4) is 0 Å². The zero-order valence-electron chi connectivity index (χ0n) is 9.44. The average molecular weight is 279 g/mol. The van der Waals surface area contributed by atoms with Crippen LogP contribution in [0, 0.1) is 0 Å². The molecule has 0 saturated heterocycles. The number of nitrogens with two attached hydrogens (primary N) is 1. The van der Waals surface area contributed by atoms with Gasteiger partial charge in [-0.1, -0.05) is 28.1 Å². The van der Waals surface area contributed by atoms with E-state index in [1.54, 1.807) is 0 Å². The molecule has 0 saturated carbocycles. The number of halogens is 1. The standard InChI is InChI=1S/C13H15BrN2/c1-9(2)16-7-12(13(15)8-16)10-3-5-11(14)6-4-10/h3-9H,15H2,1-2H3. The predicted molar refractivity (Wildman–Crippen MR) is 72.4 cm³/mol. The van der Waals surface area contributed by atoms with Gasteiger partial charge in [0.15, 0.2) is 0 Å². The molecule has 2 aromatic rings. The van der Waals surface area contributed by atoms with Gasteiger partial charge in [0.25, 0.3) is 0 Å². The second-order valence-electron chi connectivity index (χ2n) is 4.18. The highest BCUT2D eigenvalue weighted by atomic mass is 79.9. The lowest BCUT2D eigenvalue weighted by Crippen LogP contribution is -1.95. The minimum atomic E-state index is 0.437. The van der Waals surface area contributed by atoms with Gasteiger partial charge in [-0.2, -0.15) is 0 Å². The molecule has 0 aliphatic rings. The van der Waals surface area contributed by atoms with Gasteiger partial charge in [0.1, 0.15) is 0 Å². The Labute approximate surface area is 104 Å². The van der Waals surface area contributed by atoms with Crippen molar-refractivity contribution in [2.24, 2.45) is 0 Å². The van der Waals surface area contributed by atoms with Gasteiger partial charge < -0.3 is 10.3 Å². The van der Waals surface area contributed by atoms with Crippen molar-refractivity contribution >= 4 is 21.6 Å². The van der Waals surface area contributed by atoms with Crippen LogP contribution in [0.5, 0.6) is 0 Å². The summed E-state index contributed by atoms with van der Waals surface area (Å²) in [5.41, 5.74) is 9.10. The number of nitrogens with zero attached hydrogens (tertiary/aromatic N) is 1. The summed E-state index contributed by atoms with van der Waals surface area (Å²) in [6.07, 6.45) is 4.09. The predicted octanol–water partition coefficient (Wildman–Crippen LogP) is 4.08. The van der Waals surface area contributed by atoms with Crippen LogP contribution in [-0.4, -0.2) is 4.57 Å². The van der Waals surface area contributed by atoms with Crippen molar-refractivity contribution in [3.63, 3.8) is 0 Å². The molecule has 0 atom stereocenters. The van der Waals surface area contributed by atoms with E-state index in [0.717, 1.165) is 21.3 Å². The van der Waals surface area contributed by atoms with Crippen LogP contribution in [0.1, 0.15) is 19.9 Å². The number of hydrogen-bond donors (Lipinski definition) is 1. The van der Waals surface area contributed by atoms with E-state index in [1.165, 1.54) is 0 Å². The average Bonchev–Trinajstić information content (AvgIpc) is 2.62. The lowest BCUT2D eigenvalue weighted by Gasteiger charge is -2.05. The highest BCUT2D eigenvalue weighted by Gasteiger charge is 2.07. The molecular weight excluding hydrogens is 264 g/mol. The molecule has 2 N–H and O–H groups in total. The minimum absolute atomic E-state index is 0.437. The van der Waals surface area contributed by atoms with Crippen LogP contribution in [0.2, 0.25) is 0 Å². The smallest absolute Gasteiger partial charge is 0.0573 e. The Hall–Kier alpha value is -1.22. The largest absolute Gasteiger partial charge is 0.397 e. The molecule has 2 nitrogen and oxygen atoms in total. The van der Waals surface area contributed by atoms with Crippen LogP contribution < -0.4 is 5.73 Å². The summed E-state index contributed by atoms with van der Waals surface area (Å²) in [4.78, 5) is 0. The summed E-state index contributed by atoms with van der Waals surface area (Å²) < 4.78 is 3.21. The van der Waals surface area contributed by atoms with Crippen molar-refractivity contribution < 1.29 is 0 Å². The van der Waals surface area contributed by atoms with Gasteiger partial charge in [-0.3, -0.25) is 0 Å². The Bertz CT molecular complexity index is 483. The molecule has 0 fully saturated rings. The third-order valence-electron chi connectivity index (χ3n) is 2.63. The van der Waals surface area contributed by atoms with Crippen LogP contribution in [0.15, 0.2) is 41.1 Å². The second kappa shape index (κ2) is 4.34. The first kappa shape index (κ1) is 11.3. The van der Waals surface area contributed by atoms with E-state index in [4.69, 9.17) is 5.73 Å². The van der Waals surface area contributed by atoms with Crippen molar-refractivity contribution in [2.45, 2.75) is 19.9 Å². The van der Waals surface area contributed by atoms with Crippen LogP contribution in [0.25, 0.3) is 11.1 Å². The second-order valence-corrected chi connectivity index (χ2v) is 5.09. The van der Waals surface area contributed by atoms with Gasteiger partial charge in [-0.15, -0.1) is 0 Å². The summed E-state index contributed by atoms with van der Waals surface area (Å²) in [5.74, 6) is 0. The SMILES string of the molecule is CC(C)n1cc(N)c(-c2ccc(Br)cc2)c1. The molecule has 2 rings (SSSR count). The normalized spacial score (nSPS) is 11.0. The molecule has 0 aliphatic heterocycles. The van der Waals surface area contributed by atoms with Crippen molar-refractivity contribution in [3.05, 3.63) is 41.1 Å². The van der Waals surface area contributed by atoms with Crippen LogP contribution >= 0.6 is 15.9 Å². The van der Waals surface area contributed by atoms with Crippen LogP contribution in [-0.2, 0) is 0 Å². The van der Waals surface area contributed by atoms with E-state index in [-0.39, 0.29) is 0 Å². The molecule has 0 bridgehead atoms. The molecule has 0 amide bonds. The highest BCUT2D eigenvalue weighted by molar-refractivity contribution is 9.10. The Morgan fingerprint density at radius 3 is 2.25 bits per heavy atom. The van der Waals surface area contributed by atoms with Crippen molar-refractivity contribution in [2.75, 3.05) is 5.73 Å². The Morgan fingerprint density at radius 2 is 1.75 bits per heavy atom. The minimum Gasteiger partial charge on any atom is -0.397 e. The summed E-state index contributed by atoms with van der Waals surface area (Å²) in [5, 5.41) is 0. The van der Waals surface area contributed by atoms with Gasteiger partial charge in [0.2, 0.25) is 0 Å². The third kappa shape index (κ3) is 2.14. The molecule has 0 aliphatic carbocycles. The Kier molecular flexibility index (Phi) is 3.06. The van der Waals surface area contributed by atoms with Crippen molar-refractivity contribution in [1.29, 1.82) is 0 Å². The summed E-state index contributed by atoms with van der Waals surface area (Å²) in [6.45, 7) is 4.29. The zero-order chi connectivity index (χ0) is 11.7. The number of aromatic nitrogens is 1. The van der Waals surface area contributed by atoms with E-state index in [0.29, 0.717) is 6.04 Å². The maximum atomic E-state index is 6.02. The maximum Gasteiger partial charge on any atom is 0.0573 e. The fourth-order valence-electron chi connectivity index (χ4n) is 1.66. The number of rotatable bonds is 2. The first-order valence-corrected chi connectivity index (χ1v) is 6.10. The molecule has 1 aromatic carbocycles. The quantitative estimate of drug-likeness (QED) is 0.882. The van der Waals surface area contributed by atoms with Gasteiger partial charge in [0, 0.05) is 28.5 Å². The Balaban J connectivity index is 2.44. The first-order valence-electron chi connectivity index (χ1n) is 5.31.